The standard InChI is InChI=1S/C26H30N2O5/c1-26(2,14-23(29)27-17-12-11-16(13-17)24(30)31)28-25(32)33-15-22-20-9-5-3-7-18(20)19-8-4-6-10-21(19)22/h3-10,16-17,22H,11-15H2,1-2H3,(H,27,29)(H,28,32)(H,30,31)/t16-,17+/m0/s1. The molecule has 3 N–H and O–H groups in total. The summed E-state index contributed by atoms with van der Waals surface area (Å²) in [5, 5.41) is 14.8. The lowest BCUT2D eigenvalue weighted by atomic mass is 9.98. The molecule has 7 heteroatoms. The molecule has 2 atom stereocenters. The Kier molecular flexibility index (Phi) is 6.40. The number of carboxylic acid groups (broad SMARTS) is 1. The number of carbonyl (C=O) groups is 3. The summed E-state index contributed by atoms with van der Waals surface area (Å²) in [4.78, 5) is 36.1. The van der Waals surface area contributed by atoms with Gasteiger partial charge in [0, 0.05) is 23.9 Å². The van der Waals surface area contributed by atoms with E-state index in [0.29, 0.717) is 19.3 Å². The van der Waals surface area contributed by atoms with Crippen molar-refractivity contribution in [3.63, 3.8) is 0 Å². The van der Waals surface area contributed by atoms with E-state index in [-0.39, 0.29) is 30.9 Å². The maximum Gasteiger partial charge on any atom is 0.407 e. The summed E-state index contributed by atoms with van der Waals surface area (Å²) in [5.74, 6) is -1.46. The molecule has 0 aliphatic heterocycles. The van der Waals surface area contributed by atoms with Crippen molar-refractivity contribution in [3.05, 3.63) is 59.7 Å². The molecule has 174 valence electrons. The molecule has 0 heterocycles. The van der Waals surface area contributed by atoms with E-state index < -0.39 is 23.5 Å². The summed E-state index contributed by atoms with van der Waals surface area (Å²) in [5.41, 5.74) is 3.80. The van der Waals surface area contributed by atoms with Crippen LogP contribution in [-0.4, -0.2) is 41.3 Å². The monoisotopic (exact) mass is 450 g/mol. The molecule has 0 bridgehead atoms. The fourth-order valence-electron chi connectivity index (χ4n) is 4.97. The highest BCUT2D eigenvalue weighted by Crippen LogP contribution is 2.44. The molecule has 0 spiro atoms. The zero-order chi connectivity index (χ0) is 23.6. The molecular formula is C26H30N2O5. The molecule has 0 saturated heterocycles. The van der Waals surface area contributed by atoms with Crippen LogP contribution in [0.5, 0.6) is 0 Å². The van der Waals surface area contributed by atoms with Gasteiger partial charge >= 0.3 is 12.1 Å². The van der Waals surface area contributed by atoms with E-state index in [2.05, 4.69) is 34.9 Å². The first kappa shape index (κ1) is 22.8. The van der Waals surface area contributed by atoms with Crippen LogP contribution in [0.3, 0.4) is 0 Å². The van der Waals surface area contributed by atoms with E-state index in [1.807, 2.05) is 24.3 Å². The SMILES string of the molecule is CC(C)(CC(=O)N[C@@H]1CC[C@H](C(=O)O)C1)NC(=O)OCC1c2ccccc2-c2ccccc21. The van der Waals surface area contributed by atoms with Crippen LogP contribution in [0.4, 0.5) is 4.79 Å². The lowest BCUT2D eigenvalue weighted by Gasteiger charge is -2.26. The van der Waals surface area contributed by atoms with Gasteiger partial charge in [0.2, 0.25) is 5.91 Å². The first-order valence-electron chi connectivity index (χ1n) is 11.4. The van der Waals surface area contributed by atoms with Gasteiger partial charge in [-0.3, -0.25) is 9.59 Å². The third-order valence-electron chi connectivity index (χ3n) is 6.53. The minimum Gasteiger partial charge on any atom is -0.481 e. The number of hydrogen-bond acceptors (Lipinski definition) is 4. The molecule has 2 amide bonds. The predicted molar refractivity (Wildman–Crippen MR) is 124 cm³/mol. The molecule has 7 nitrogen and oxygen atoms in total. The Labute approximate surface area is 193 Å². The van der Waals surface area contributed by atoms with Gasteiger partial charge in [0.05, 0.1) is 5.92 Å². The van der Waals surface area contributed by atoms with E-state index in [4.69, 9.17) is 9.84 Å². The molecule has 4 rings (SSSR count). The normalized spacial score (nSPS) is 19.5. The first-order valence-corrected chi connectivity index (χ1v) is 11.4. The molecule has 2 aromatic rings. The number of nitrogens with one attached hydrogen (secondary N) is 2. The quantitative estimate of drug-likeness (QED) is 0.590. The molecule has 0 aromatic heterocycles. The number of rotatable bonds is 7. The number of alkyl carbamates (subject to hydrolysis) is 1. The van der Waals surface area contributed by atoms with Gasteiger partial charge in [-0.15, -0.1) is 0 Å². The van der Waals surface area contributed by atoms with Crippen LogP contribution in [0.1, 0.15) is 56.6 Å². The van der Waals surface area contributed by atoms with Crippen LogP contribution in [0.2, 0.25) is 0 Å². The van der Waals surface area contributed by atoms with E-state index in [1.54, 1.807) is 13.8 Å². The fourth-order valence-corrected chi connectivity index (χ4v) is 4.97. The summed E-state index contributed by atoms with van der Waals surface area (Å²) >= 11 is 0. The maximum absolute atomic E-state index is 12.6. The maximum atomic E-state index is 12.6. The average molecular weight is 451 g/mol. The van der Waals surface area contributed by atoms with Gasteiger partial charge in [-0.2, -0.15) is 0 Å². The van der Waals surface area contributed by atoms with Crippen molar-refractivity contribution in [3.8, 4) is 11.1 Å². The number of benzene rings is 2. The van der Waals surface area contributed by atoms with Crippen LogP contribution >= 0.6 is 0 Å². The second kappa shape index (κ2) is 9.25. The Morgan fingerprint density at radius 1 is 1.00 bits per heavy atom. The number of amides is 2. The minimum atomic E-state index is -0.816. The molecule has 33 heavy (non-hydrogen) atoms. The molecule has 2 aromatic carbocycles. The molecule has 0 radical (unpaired) electrons. The summed E-state index contributed by atoms with van der Waals surface area (Å²) in [6.45, 7) is 3.74. The van der Waals surface area contributed by atoms with Gasteiger partial charge in [-0.25, -0.2) is 4.79 Å². The van der Waals surface area contributed by atoms with Crippen LogP contribution in [-0.2, 0) is 14.3 Å². The summed E-state index contributed by atoms with van der Waals surface area (Å²) in [7, 11) is 0. The second-order valence-corrected chi connectivity index (χ2v) is 9.62. The highest BCUT2D eigenvalue weighted by atomic mass is 16.5. The van der Waals surface area contributed by atoms with Crippen molar-refractivity contribution in [1.82, 2.24) is 10.6 Å². The van der Waals surface area contributed by atoms with Crippen molar-refractivity contribution in [2.24, 2.45) is 5.92 Å². The first-order chi connectivity index (χ1) is 15.7. The lowest BCUT2D eigenvalue weighted by molar-refractivity contribution is -0.141. The van der Waals surface area contributed by atoms with Crippen molar-refractivity contribution >= 4 is 18.0 Å². The average Bonchev–Trinajstić information content (AvgIpc) is 3.34. The van der Waals surface area contributed by atoms with Crippen LogP contribution in [0.15, 0.2) is 48.5 Å². The molecule has 0 unspecified atom stereocenters. The predicted octanol–water partition coefficient (Wildman–Crippen LogP) is 4.06. The zero-order valence-corrected chi connectivity index (χ0v) is 19.0. The third-order valence-corrected chi connectivity index (χ3v) is 6.53. The molecular weight excluding hydrogens is 420 g/mol. The van der Waals surface area contributed by atoms with Crippen LogP contribution in [0, 0.1) is 5.92 Å². The van der Waals surface area contributed by atoms with Gasteiger partial charge in [0.25, 0.3) is 0 Å². The molecule has 2 aliphatic carbocycles. The number of aliphatic carboxylic acids is 1. The number of hydrogen-bond donors (Lipinski definition) is 3. The minimum absolute atomic E-state index is 0.0286. The molecule has 1 saturated carbocycles. The highest BCUT2D eigenvalue weighted by Gasteiger charge is 2.33. The van der Waals surface area contributed by atoms with E-state index >= 15 is 0 Å². The summed E-state index contributed by atoms with van der Waals surface area (Å²) in [6, 6.07) is 16.1. The lowest BCUT2D eigenvalue weighted by Crippen LogP contribution is -2.48. The molecule has 2 aliphatic rings. The smallest absolute Gasteiger partial charge is 0.407 e. The number of carboxylic acids is 1. The van der Waals surface area contributed by atoms with Gasteiger partial charge < -0.3 is 20.5 Å². The van der Waals surface area contributed by atoms with Crippen molar-refractivity contribution in [2.45, 2.75) is 57.0 Å². The van der Waals surface area contributed by atoms with Crippen LogP contribution in [0.25, 0.3) is 11.1 Å². The van der Waals surface area contributed by atoms with Crippen molar-refractivity contribution in [1.29, 1.82) is 0 Å². The Hall–Kier alpha value is -3.35. The Morgan fingerprint density at radius 3 is 2.18 bits per heavy atom. The third kappa shape index (κ3) is 5.18. The zero-order valence-electron chi connectivity index (χ0n) is 19.0. The summed E-state index contributed by atoms with van der Waals surface area (Å²) in [6.07, 6.45) is 1.18. The van der Waals surface area contributed by atoms with Crippen molar-refractivity contribution in [2.75, 3.05) is 6.61 Å². The van der Waals surface area contributed by atoms with Crippen LogP contribution < -0.4 is 10.6 Å². The number of carbonyl (C=O) groups excluding carboxylic acids is 2. The van der Waals surface area contributed by atoms with E-state index in [9.17, 15) is 14.4 Å². The fraction of sp³-hybridized carbons (Fsp3) is 0.423. The van der Waals surface area contributed by atoms with Gasteiger partial charge in [0.1, 0.15) is 6.61 Å². The largest absolute Gasteiger partial charge is 0.481 e. The Bertz CT molecular complexity index is 1020. The molecule has 1 fully saturated rings. The van der Waals surface area contributed by atoms with E-state index in [1.165, 1.54) is 0 Å². The Morgan fingerprint density at radius 2 is 1.61 bits per heavy atom. The van der Waals surface area contributed by atoms with Crippen molar-refractivity contribution < 1.29 is 24.2 Å². The second-order valence-electron chi connectivity index (χ2n) is 9.62. The Balaban J connectivity index is 1.30. The van der Waals surface area contributed by atoms with Gasteiger partial charge in [-0.1, -0.05) is 48.5 Å². The highest BCUT2D eigenvalue weighted by molar-refractivity contribution is 5.80. The topological polar surface area (TPSA) is 105 Å². The summed E-state index contributed by atoms with van der Waals surface area (Å²) < 4.78 is 5.58. The van der Waals surface area contributed by atoms with Gasteiger partial charge in [-0.05, 0) is 55.4 Å². The van der Waals surface area contributed by atoms with Gasteiger partial charge in [0.15, 0.2) is 0 Å². The number of ether oxygens (including phenoxy) is 1. The van der Waals surface area contributed by atoms with E-state index in [0.717, 1.165) is 22.3 Å². The number of fused-ring (bicyclic) bond motifs is 3.